The first-order chi connectivity index (χ1) is 47.9. The van der Waals surface area contributed by atoms with Gasteiger partial charge in [-0.05, 0) is 134 Å². The fourth-order valence-electron chi connectivity index (χ4n) is 5.31. The SMILES string of the molecule is C.CCOC(=O)C(C)N.CCOC(=O)C(C)NC.CCOC(=O)C(C)NP(C)(=O)N(C)C(C)C(=O)OCC.CCOC(=O)C(C)NP(C)(=O)O.CCOC(=O)C(C)NP(C)(=O)n1ccnc1.CCOC(=O)[CH-]NP(C)(=O)N[CH-]C(=O)OCC.CP(=O)(Cl)Cl.CP(=O)(O)O.CP(=O)(O)n1ccnc1.CP(N)(N)=O.[Pr].[Pr]. The van der Waals surface area contributed by atoms with E-state index in [1.807, 2.05) is 0 Å². The molecule has 642 valence electrons. The first kappa shape index (κ1) is 131. The Balaban J connectivity index is -0.000000112. The number of carbonyl (C=O) groups excluding carboxylic acids is 8. The van der Waals surface area contributed by atoms with Crippen molar-refractivity contribution in [3.8, 4) is 0 Å². The van der Waals surface area contributed by atoms with Crippen LogP contribution < -0.4 is 47.5 Å². The van der Waals surface area contributed by atoms with Gasteiger partial charge in [0.15, 0.2) is 19.4 Å². The summed E-state index contributed by atoms with van der Waals surface area (Å²) in [4.78, 5) is 129. The molecule has 2 rings (SSSR count). The third-order valence-electron chi connectivity index (χ3n) is 10.0. The molecule has 0 aliphatic rings. The molecule has 42 nitrogen and oxygen atoms in total. The summed E-state index contributed by atoms with van der Waals surface area (Å²) in [5.41, 5.74) is 14.5. The van der Waals surface area contributed by atoms with E-state index in [-0.39, 0.29) is 141 Å². The van der Waals surface area contributed by atoms with E-state index in [0.717, 1.165) is 26.4 Å². The number of aromatic nitrogens is 4. The van der Waals surface area contributed by atoms with Crippen LogP contribution >= 0.6 is 80.7 Å². The molecule has 0 amide bonds. The average Bonchev–Trinajstić information content (AvgIpc) is 1.68. The van der Waals surface area contributed by atoms with Crippen LogP contribution in [0.2, 0.25) is 0 Å². The molecule has 2 aromatic heterocycles. The maximum absolute atomic E-state index is 12.6. The molecule has 0 spiro atoms. The molecule has 0 fully saturated rings. The molecule has 10 atom stereocenters. The molecular weight excluding hydrogens is 1910 g/mol. The van der Waals surface area contributed by atoms with E-state index in [4.69, 9.17) is 66.7 Å². The van der Waals surface area contributed by atoms with Gasteiger partial charge in [0.2, 0.25) is 28.2 Å². The molecule has 0 aromatic carbocycles. The zero-order valence-corrected chi connectivity index (χ0v) is 81.9. The summed E-state index contributed by atoms with van der Waals surface area (Å²) in [5.74, 6) is -6.36. The Morgan fingerprint density at radius 3 is 1.00 bits per heavy atom. The molecule has 0 bridgehead atoms. The monoisotopic (exact) mass is 2030 g/mol. The van der Waals surface area contributed by atoms with Crippen LogP contribution in [0.3, 0.4) is 0 Å². The van der Waals surface area contributed by atoms with Crippen LogP contribution in [0.15, 0.2) is 37.4 Å². The van der Waals surface area contributed by atoms with Gasteiger partial charge in [0, 0.05) is 161 Å². The molecule has 0 saturated heterocycles. The average molecular weight is 2030 g/mol. The summed E-state index contributed by atoms with van der Waals surface area (Å²) >= 11 is 9.70. The number of imidazole rings is 2. The number of hydrogen-bond acceptors (Lipinski definition) is 28. The number of carbonyl (C=O) groups is 8. The standard InChI is InChI=1S/C12H25N2O5P.C9H16N3O3P.C9H17N2O5P.C6H14NO4P.C6H13NO2.C5H11NO2.C4H7N2O2P.CH3Cl2OP.CH7N2OP.CH5O3P.CH4.2Pr/c1-7-18-11(15)9(3)13-20(6,17)14(5)10(4)12(16)19-8-2;1-4-15-9(13)8(2)11-16(3,14)12-6-5-10-7-12;1-4-15-8(12)6-10-17(3,14)11-7-9(13)16-5-2;1-4-11-6(8)5(2)7-12(3,9)10;1-4-9-6(8)5(2)7-3;1-3-8-5(7)4(2)6;1-9(7,8)6-3-2-5-4-6;3*1-5(2,3)4;;;/h9-10H,7-8H2,1-6H3,(H,13,17);5-8H,4H2,1-3H3,(H,11,14);6-7H,4-5H2,1-3H3,(H2,10,11,14);5H,4H2,1-3H3,(H2,7,9,10);5,7H,4H2,1-3H3;4H,3,6H2,1-2H3;2-4H,1H3,(H,7,8);1H3;1H3,(H4,2,3,4);1H3,(H2,2,3,4);1H4;;/q;;-2;;;;;;;;;;. The minimum atomic E-state index is -3.64. The number of nitrogens with two attached hydrogens (primary N) is 3. The molecule has 2 radical (unpaired) electrons. The number of halogens is 2. The van der Waals surface area contributed by atoms with Crippen molar-refractivity contribution < 1.29 is 215 Å². The predicted molar refractivity (Wildman–Crippen MR) is 414 cm³/mol. The normalized spacial score (nSPS) is 14.2. The second-order valence-electron chi connectivity index (χ2n) is 21.1. The second kappa shape index (κ2) is 70.7. The van der Waals surface area contributed by atoms with Crippen molar-refractivity contribution in [3.63, 3.8) is 0 Å². The molecule has 54 heteroatoms. The topological polar surface area (TPSA) is 617 Å². The smallest absolute Gasteiger partial charge is 0.323 e. The molecule has 2 aromatic rings. The number of rotatable bonds is 31. The van der Waals surface area contributed by atoms with Crippen molar-refractivity contribution in [3.05, 3.63) is 50.5 Å². The van der Waals surface area contributed by atoms with Gasteiger partial charge in [0.25, 0.3) is 15.0 Å². The van der Waals surface area contributed by atoms with E-state index in [9.17, 15) is 74.9 Å². The summed E-state index contributed by atoms with van der Waals surface area (Å²) in [7, 11) is -18.4. The molecule has 16 N–H and O–H groups in total. The first-order valence-electron chi connectivity index (χ1n) is 31.4. The van der Waals surface area contributed by atoms with Crippen molar-refractivity contribution in [2.45, 2.75) is 141 Å². The molecule has 0 saturated carbocycles. The van der Waals surface area contributed by atoms with Crippen LogP contribution in [-0.2, 0) is 113 Å². The molecule has 2 heterocycles. The Bertz CT molecular complexity index is 3100. The van der Waals surface area contributed by atoms with Gasteiger partial charge in [-0.3, -0.25) is 94.6 Å². The Labute approximate surface area is 718 Å². The summed E-state index contributed by atoms with van der Waals surface area (Å²) in [6.07, 6.45) is 8.82. The van der Waals surface area contributed by atoms with E-state index in [1.165, 1.54) is 91.5 Å². The van der Waals surface area contributed by atoms with Crippen LogP contribution in [0.25, 0.3) is 0 Å². The van der Waals surface area contributed by atoms with Crippen LogP contribution in [0.4, 0.5) is 0 Å². The van der Waals surface area contributed by atoms with Gasteiger partial charge in [0.1, 0.15) is 48.9 Å². The zero-order chi connectivity index (χ0) is 85.4. The van der Waals surface area contributed by atoms with Crippen molar-refractivity contribution in [1.82, 2.24) is 54.1 Å². The number of ether oxygens (including phenoxy) is 8. The number of nitrogens with one attached hydrogen (secondary N) is 6. The summed E-state index contributed by atoms with van der Waals surface area (Å²) in [6, 6.07) is -3.43. The Hall–Kier alpha value is -1.49. The van der Waals surface area contributed by atoms with Crippen LogP contribution in [0.5, 0.6) is 0 Å². The maximum Gasteiger partial charge on any atom is 0.323 e. The first-order valence-corrected chi connectivity index (χ1v) is 50.3. The molecular formula is C55H122Cl2N14O28P8Pr2-2. The minimum absolute atomic E-state index is 0. The summed E-state index contributed by atoms with van der Waals surface area (Å²) in [6.45, 7) is 37.7. The third-order valence-corrected chi connectivity index (χ3v) is 17.6. The van der Waals surface area contributed by atoms with Gasteiger partial charge in [-0.1, -0.05) is 7.43 Å². The van der Waals surface area contributed by atoms with Gasteiger partial charge < -0.3 is 78.7 Å². The number of hydrogen-bond donors (Lipinski definition) is 13. The Morgan fingerprint density at radius 2 is 0.761 bits per heavy atom. The third kappa shape index (κ3) is 93.6. The number of esters is 8. The number of nitrogens with zero attached hydrogens (tertiary/aromatic N) is 5. The van der Waals surface area contributed by atoms with Crippen molar-refractivity contribution in [2.24, 2.45) is 16.7 Å². The van der Waals surface area contributed by atoms with Crippen molar-refractivity contribution >= 4 is 128 Å². The maximum atomic E-state index is 12.6. The molecule has 0 aliphatic heterocycles. The fraction of sp³-hybridized carbons (Fsp3) is 0.709. The quantitative estimate of drug-likeness (QED) is 0.0174. The van der Waals surface area contributed by atoms with Gasteiger partial charge in [-0.25, -0.2) is 43.0 Å². The predicted octanol–water partition coefficient (Wildman–Crippen LogP) is 6.15. The van der Waals surface area contributed by atoms with Gasteiger partial charge in [0.05, 0.1) is 52.9 Å². The number of likely N-dealkylation sites (N-methyl/N-ethyl adjacent to an activating group) is 2. The zero-order valence-electron chi connectivity index (χ0n) is 65.8. The van der Waals surface area contributed by atoms with Crippen LogP contribution in [-0.4, -0.2) is 247 Å². The van der Waals surface area contributed by atoms with E-state index >= 15 is 0 Å². The van der Waals surface area contributed by atoms with E-state index < -0.39 is 124 Å². The second-order valence-corrected chi connectivity index (χ2v) is 42.3. The Morgan fingerprint density at radius 1 is 0.495 bits per heavy atom. The van der Waals surface area contributed by atoms with Gasteiger partial charge in [-0.2, -0.15) is 0 Å². The van der Waals surface area contributed by atoms with Crippen LogP contribution in [0, 0.1) is 95.7 Å². The summed E-state index contributed by atoms with van der Waals surface area (Å²) in [5, 5.41) is 15.2. The fourth-order valence-corrected chi connectivity index (χ4v) is 10.8. The van der Waals surface area contributed by atoms with E-state index in [2.05, 4.69) is 70.7 Å². The van der Waals surface area contributed by atoms with Crippen LogP contribution in [0.1, 0.15) is 104 Å². The van der Waals surface area contributed by atoms with E-state index in [1.54, 1.807) is 110 Å². The van der Waals surface area contributed by atoms with Crippen molar-refractivity contribution in [1.29, 1.82) is 0 Å². The van der Waals surface area contributed by atoms with Gasteiger partial charge in [-0.15, -0.1) is 0 Å². The Kier molecular flexibility index (Phi) is 84.9. The largest absolute Gasteiger partial charge is 0.487 e. The summed E-state index contributed by atoms with van der Waals surface area (Å²) < 4.78 is 129. The van der Waals surface area contributed by atoms with Crippen molar-refractivity contribution in [2.75, 3.05) is 120 Å². The molecule has 0 aliphatic carbocycles. The molecule has 10 unspecified atom stereocenters. The van der Waals surface area contributed by atoms with Gasteiger partial charge >= 0.3 is 43.4 Å². The van der Waals surface area contributed by atoms with E-state index in [0.29, 0.717) is 19.8 Å². The molecule has 109 heavy (non-hydrogen) atoms. The minimum Gasteiger partial charge on any atom is -0.487 e.